The largest absolute Gasteiger partial charge is 0.476 e. The quantitative estimate of drug-likeness (QED) is 0.408. The number of hydrazone groups is 1. The monoisotopic (exact) mass is 374 g/mol. The second-order valence-corrected chi connectivity index (χ2v) is 6.20. The predicted octanol–water partition coefficient (Wildman–Crippen LogP) is 1.57. The topological polar surface area (TPSA) is 97.0 Å². The van der Waals surface area contributed by atoms with Gasteiger partial charge in [-0.3, -0.25) is 0 Å². The zero-order valence-corrected chi connectivity index (χ0v) is 16.0. The average molecular weight is 374 g/mol. The van der Waals surface area contributed by atoms with Crippen molar-refractivity contribution in [2.75, 3.05) is 56.8 Å². The Balaban J connectivity index is 1.74. The number of hydrogen-bond donors (Lipinski definition) is 2. The number of nitrogens with one attached hydrogen (secondary N) is 2. The third-order valence-electron chi connectivity index (χ3n) is 4.14. The summed E-state index contributed by atoms with van der Waals surface area (Å²) in [4.78, 5) is 11.2. The van der Waals surface area contributed by atoms with E-state index in [1.54, 1.807) is 12.3 Å². The van der Waals surface area contributed by atoms with Gasteiger partial charge < -0.3 is 24.1 Å². The molecule has 0 radical (unpaired) electrons. The van der Waals surface area contributed by atoms with Gasteiger partial charge in [-0.05, 0) is 26.5 Å². The first kappa shape index (κ1) is 19.1. The molecule has 0 bridgehead atoms. The molecular formula is C18H26N6O3. The van der Waals surface area contributed by atoms with Crippen molar-refractivity contribution < 1.29 is 13.9 Å². The van der Waals surface area contributed by atoms with E-state index >= 15 is 0 Å². The van der Waals surface area contributed by atoms with Gasteiger partial charge >= 0.3 is 0 Å². The van der Waals surface area contributed by atoms with E-state index in [0.717, 1.165) is 31.0 Å². The molecule has 2 aromatic heterocycles. The van der Waals surface area contributed by atoms with Crippen molar-refractivity contribution in [1.29, 1.82) is 0 Å². The smallest absolute Gasteiger partial charge is 0.229 e. The summed E-state index contributed by atoms with van der Waals surface area (Å²) in [6.07, 6.45) is 1.63. The van der Waals surface area contributed by atoms with Crippen LogP contribution in [-0.2, 0) is 4.74 Å². The molecule has 2 N–H and O–H groups in total. The van der Waals surface area contributed by atoms with Gasteiger partial charge in [0.25, 0.3) is 0 Å². The fourth-order valence-corrected chi connectivity index (χ4v) is 2.52. The van der Waals surface area contributed by atoms with Gasteiger partial charge in [-0.25, -0.2) is 10.4 Å². The Hall–Kier alpha value is -2.65. The normalized spacial score (nSPS) is 14.7. The number of anilines is 2. The molecule has 2 aromatic rings. The SMILES string of the molecule is CNCCOc1cc(C=NNc2cc(C)c(C)o2)nc(N2CCOCC2)n1. The molecule has 9 heteroatoms. The lowest BCUT2D eigenvalue weighted by molar-refractivity contribution is 0.122. The van der Waals surface area contributed by atoms with Gasteiger partial charge in [0, 0.05) is 31.8 Å². The summed E-state index contributed by atoms with van der Waals surface area (Å²) in [6.45, 7) is 7.99. The van der Waals surface area contributed by atoms with Crippen LogP contribution in [0.15, 0.2) is 21.7 Å². The fraction of sp³-hybridized carbons (Fsp3) is 0.500. The minimum atomic E-state index is 0.521. The van der Waals surface area contributed by atoms with Crippen LogP contribution >= 0.6 is 0 Å². The molecule has 0 spiro atoms. The molecule has 3 rings (SSSR count). The number of aromatic nitrogens is 2. The molecular weight excluding hydrogens is 348 g/mol. The molecule has 1 aliphatic heterocycles. The highest BCUT2D eigenvalue weighted by Crippen LogP contribution is 2.18. The van der Waals surface area contributed by atoms with Crippen molar-refractivity contribution in [3.63, 3.8) is 0 Å². The number of morpholine rings is 1. The molecule has 9 nitrogen and oxygen atoms in total. The number of hydrogen-bond acceptors (Lipinski definition) is 9. The summed E-state index contributed by atoms with van der Waals surface area (Å²) < 4.78 is 16.7. The highest BCUT2D eigenvalue weighted by Gasteiger charge is 2.16. The van der Waals surface area contributed by atoms with E-state index in [-0.39, 0.29) is 0 Å². The second kappa shape index (κ2) is 9.33. The standard InChI is InChI=1S/C18H26N6O3/c1-13-10-17(27-14(13)2)23-20-12-15-11-16(26-7-4-19-3)22-18(21-15)24-5-8-25-9-6-24/h10-12,19,23H,4-9H2,1-3H3. The first-order chi connectivity index (χ1) is 13.2. The number of furan rings is 1. The maximum Gasteiger partial charge on any atom is 0.229 e. The van der Waals surface area contributed by atoms with Gasteiger partial charge in [-0.1, -0.05) is 0 Å². The lowest BCUT2D eigenvalue weighted by Crippen LogP contribution is -2.37. The number of ether oxygens (including phenoxy) is 2. The summed E-state index contributed by atoms with van der Waals surface area (Å²) in [5.74, 6) is 2.60. The molecule has 0 aromatic carbocycles. The molecule has 0 atom stereocenters. The highest BCUT2D eigenvalue weighted by atomic mass is 16.5. The molecule has 0 saturated carbocycles. The van der Waals surface area contributed by atoms with Crippen LogP contribution in [0.5, 0.6) is 5.88 Å². The summed E-state index contributed by atoms with van der Waals surface area (Å²) in [5, 5.41) is 7.27. The van der Waals surface area contributed by atoms with Crippen LogP contribution in [0.3, 0.4) is 0 Å². The molecule has 146 valence electrons. The van der Waals surface area contributed by atoms with Crippen LogP contribution in [0.2, 0.25) is 0 Å². The van der Waals surface area contributed by atoms with Crippen LogP contribution in [0.1, 0.15) is 17.0 Å². The van der Waals surface area contributed by atoms with Crippen LogP contribution < -0.4 is 20.4 Å². The molecule has 1 saturated heterocycles. The Bertz CT molecular complexity index is 751. The van der Waals surface area contributed by atoms with E-state index in [1.807, 2.05) is 27.0 Å². The maximum absolute atomic E-state index is 5.73. The average Bonchev–Trinajstić information content (AvgIpc) is 3.00. The molecule has 0 unspecified atom stereocenters. The molecule has 3 heterocycles. The Morgan fingerprint density at radius 3 is 2.78 bits per heavy atom. The number of likely N-dealkylation sites (N-methyl/N-ethyl adjacent to an activating group) is 1. The van der Waals surface area contributed by atoms with E-state index in [2.05, 4.69) is 30.7 Å². The summed E-state index contributed by atoms with van der Waals surface area (Å²) in [7, 11) is 1.88. The first-order valence-electron chi connectivity index (χ1n) is 9.01. The van der Waals surface area contributed by atoms with Gasteiger partial charge in [0.1, 0.15) is 12.4 Å². The zero-order chi connectivity index (χ0) is 19.1. The Morgan fingerprint density at radius 1 is 1.26 bits per heavy atom. The van der Waals surface area contributed by atoms with E-state index in [0.29, 0.717) is 43.2 Å². The minimum Gasteiger partial charge on any atom is -0.476 e. The molecule has 27 heavy (non-hydrogen) atoms. The lowest BCUT2D eigenvalue weighted by atomic mass is 10.3. The van der Waals surface area contributed by atoms with Gasteiger partial charge in [0.15, 0.2) is 0 Å². The van der Waals surface area contributed by atoms with Crippen molar-refractivity contribution in [3.05, 3.63) is 29.2 Å². The second-order valence-electron chi connectivity index (χ2n) is 6.20. The Kier molecular flexibility index (Phi) is 6.61. The lowest BCUT2D eigenvalue weighted by Gasteiger charge is -2.27. The minimum absolute atomic E-state index is 0.521. The van der Waals surface area contributed by atoms with Crippen molar-refractivity contribution in [2.24, 2.45) is 5.10 Å². The molecule has 1 fully saturated rings. The van der Waals surface area contributed by atoms with Crippen LogP contribution in [0.25, 0.3) is 0 Å². The molecule has 0 aliphatic carbocycles. The third kappa shape index (κ3) is 5.41. The van der Waals surface area contributed by atoms with E-state index in [1.165, 1.54) is 0 Å². The third-order valence-corrected chi connectivity index (χ3v) is 4.14. The molecule has 1 aliphatic rings. The zero-order valence-electron chi connectivity index (χ0n) is 16.0. The van der Waals surface area contributed by atoms with Gasteiger partial charge in [0.05, 0.1) is 25.1 Å². The van der Waals surface area contributed by atoms with Crippen LogP contribution in [0.4, 0.5) is 11.8 Å². The predicted molar refractivity (Wildman–Crippen MR) is 104 cm³/mol. The van der Waals surface area contributed by atoms with Crippen molar-refractivity contribution in [2.45, 2.75) is 13.8 Å². The van der Waals surface area contributed by atoms with E-state index in [4.69, 9.17) is 13.9 Å². The fourth-order valence-electron chi connectivity index (χ4n) is 2.52. The number of aryl methyl sites for hydroxylation is 2. The number of rotatable bonds is 8. The summed E-state index contributed by atoms with van der Waals surface area (Å²) in [6, 6.07) is 3.67. The van der Waals surface area contributed by atoms with Crippen molar-refractivity contribution >= 4 is 18.0 Å². The van der Waals surface area contributed by atoms with Crippen molar-refractivity contribution in [3.8, 4) is 5.88 Å². The van der Waals surface area contributed by atoms with E-state index < -0.39 is 0 Å². The van der Waals surface area contributed by atoms with E-state index in [9.17, 15) is 0 Å². The van der Waals surface area contributed by atoms with Gasteiger partial charge in [-0.2, -0.15) is 10.1 Å². The summed E-state index contributed by atoms with van der Waals surface area (Å²) >= 11 is 0. The van der Waals surface area contributed by atoms with Gasteiger partial charge in [-0.15, -0.1) is 0 Å². The van der Waals surface area contributed by atoms with Gasteiger partial charge in [0.2, 0.25) is 17.7 Å². The molecule has 0 amide bonds. The highest BCUT2D eigenvalue weighted by molar-refractivity contribution is 5.78. The van der Waals surface area contributed by atoms with Crippen molar-refractivity contribution in [1.82, 2.24) is 15.3 Å². The maximum atomic E-state index is 5.73. The van der Waals surface area contributed by atoms with Crippen LogP contribution in [0, 0.1) is 13.8 Å². The Labute approximate surface area is 158 Å². The summed E-state index contributed by atoms with van der Waals surface area (Å²) in [5.41, 5.74) is 4.61. The first-order valence-corrected chi connectivity index (χ1v) is 9.01. The van der Waals surface area contributed by atoms with Crippen LogP contribution in [-0.4, -0.2) is 62.7 Å². The number of nitrogens with zero attached hydrogens (tertiary/aromatic N) is 4. The Morgan fingerprint density at radius 2 is 2.07 bits per heavy atom.